The molecular weight excluding hydrogens is 512 g/mol. The normalized spacial score (nSPS) is 18.1. The minimum Gasteiger partial charge on any atom is -0.508 e. The van der Waals surface area contributed by atoms with Crippen LogP contribution in [-0.2, 0) is 9.84 Å². The van der Waals surface area contributed by atoms with Gasteiger partial charge >= 0.3 is 0 Å². The number of alkyl halides is 1. The molecule has 38 heavy (non-hydrogen) atoms. The lowest BCUT2D eigenvalue weighted by Crippen LogP contribution is -2.49. The van der Waals surface area contributed by atoms with E-state index in [1.165, 1.54) is 24.3 Å². The van der Waals surface area contributed by atoms with Crippen LogP contribution >= 0.6 is 0 Å². The van der Waals surface area contributed by atoms with Crippen LogP contribution in [0.3, 0.4) is 0 Å². The Kier molecular flexibility index (Phi) is 7.15. The van der Waals surface area contributed by atoms with Crippen molar-refractivity contribution >= 4 is 21.0 Å². The number of fused-ring (bicyclic) bond motifs is 1. The van der Waals surface area contributed by atoms with E-state index in [0.717, 1.165) is 31.5 Å². The SMILES string of the molecule is CC1=C(c2cccc(S(C)(=O)=O)c2F)C(c2ccc(OCCN3CC(CF)C3)cc2)Oc2ccc(O)cc21. The highest BCUT2D eigenvalue weighted by Crippen LogP contribution is 2.48. The lowest BCUT2D eigenvalue weighted by atomic mass is 9.86. The molecule has 9 heteroatoms. The summed E-state index contributed by atoms with van der Waals surface area (Å²) in [7, 11) is -3.80. The molecule has 6 nitrogen and oxygen atoms in total. The third-order valence-corrected chi connectivity index (χ3v) is 8.16. The Morgan fingerprint density at radius 2 is 1.82 bits per heavy atom. The Morgan fingerprint density at radius 1 is 1.08 bits per heavy atom. The molecule has 0 bridgehead atoms. The van der Waals surface area contributed by atoms with Crippen LogP contribution in [0.2, 0.25) is 0 Å². The average Bonchev–Trinajstić information content (AvgIpc) is 2.86. The molecule has 3 aromatic rings. The molecule has 1 unspecified atom stereocenters. The standard InChI is InChI=1S/C29H29F2NO5S/c1-18-24-14-21(33)8-11-25(24)37-29(27(18)23-4-3-5-26(28(23)31)38(2,34)35)20-6-9-22(10-7-20)36-13-12-32-16-19(15-30)17-32/h3-11,14,19,29,33H,12-13,15-17H2,1-2H3. The van der Waals surface area contributed by atoms with Gasteiger partial charge in [-0.15, -0.1) is 0 Å². The summed E-state index contributed by atoms with van der Waals surface area (Å²) in [4.78, 5) is 1.75. The van der Waals surface area contributed by atoms with Gasteiger partial charge in [-0.2, -0.15) is 0 Å². The third-order valence-electron chi connectivity index (χ3n) is 7.04. The Bertz CT molecular complexity index is 1480. The highest BCUT2D eigenvalue weighted by atomic mass is 32.2. The minimum absolute atomic E-state index is 0.0369. The van der Waals surface area contributed by atoms with Crippen molar-refractivity contribution in [2.24, 2.45) is 5.92 Å². The zero-order valence-corrected chi connectivity index (χ0v) is 22.0. The van der Waals surface area contributed by atoms with Crippen LogP contribution < -0.4 is 9.47 Å². The summed E-state index contributed by atoms with van der Waals surface area (Å²) in [5, 5.41) is 10.1. The average molecular weight is 542 g/mol. The first kappa shape index (κ1) is 26.2. The van der Waals surface area contributed by atoms with Crippen LogP contribution in [0.5, 0.6) is 17.2 Å². The quantitative estimate of drug-likeness (QED) is 0.418. The van der Waals surface area contributed by atoms with E-state index in [0.29, 0.717) is 34.8 Å². The maximum absolute atomic E-state index is 15.7. The van der Waals surface area contributed by atoms with Crippen LogP contribution in [0.15, 0.2) is 65.6 Å². The number of allylic oxidation sites excluding steroid dienone is 1. The largest absolute Gasteiger partial charge is 0.508 e. The van der Waals surface area contributed by atoms with Gasteiger partial charge in [-0.05, 0) is 54.5 Å². The van der Waals surface area contributed by atoms with Gasteiger partial charge in [0.15, 0.2) is 9.84 Å². The van der Waals surface area contributed by atoms with E-state index < -0.39 is 21.8 Å². The second-order valence-electron chi connectivity index (χ2n) is 9.80. The highest BCUT2D eigenvalue weighted by Gasteiger charge is 2.32. The molecule has 1 atom stereocenters. The molecule has 2 aliphatic rings. The van der Waals surface area contributed by atoms with Crippen molar-refractivity contribution in [1.82, 2.24) is 4.90 Å². The van der Waals surface area contributed by atoms with Gasteiger partial charge in [0.25, 0.3) is 0 Å². The van der Waals surface area contributed by atoms with Crippen molar-refractivity contribution in [3.8, 4) is 17.2 Å². The highest BCUT2D eigenvalue weighted by molar-refractivity contribution is 7.90. The summed E-state index contributed by atoms with van der Waals surface area (Å²) >= 11 is 0. The predicted molar refractivity (Wildman–Crippen MR) is 141 cm³/mol. The number of likely N-dealkylation sites (tertiary alicyclic amines) is 1. The van der Waals surface area contributed by atoms with E-state index >= 15 is 4.39 Å². The molecule has 2 aliphatic heterocycles. The van der Waals surface area contributed by atoms with Gasteiger partial charge in [0.1, 0.15) is 40.7 Å². The number of hydrogen-bond acceptors (Lipinski definition) is 6. The van der Waals surface area contributed by atoms with Crippen molar-refractivity contribution in [2.75, 3.05) is 39.2 Å². The maximum Gasteiger partial charge on any atom is 0.178 e. The predicted octanol–water partition coefficient (Wildman–Crippen LogP) is 5.28. The van der Waals surface area contributed by atoms with Gasteiger partial charge in [-0.1, -0.05) is 24.3 Å². The molecule has 5 rings (SSSR count). The number of sulfone groups is 1. The monoisotopic (exact) mass is 541 g/mol. The Morgan fingerprint density at radius 3 is 2.50 bits per heavy atom. The molecule has 0 amide bonds. The lowest BCUT2D eigenvalue weighted by Gasteiger charge is -2.37. The summed E-state index contributed by atoms with van der Waals surface area (Å²) in [5.41, 5.74) is 2.58. The number of aromatic hydroxyl groups is 1. The van der Waals surface area contributed by atoms with Crippen LogP contribution in [0.4, 0.5) is 8.78 Å². The van der Waals surface area contributed by atoms with Crippen LogP contribution in [0.25, 0.3) is 11.1 Å². The molecule has 1 fully saturated rings. The molecule has 1 N–H and O–H groups in total. The van der Waals surface area contributed by atoms with Gasteiger partial charge in [0, 0.05) is 48.5 Å². The van der Waals surface area contributed by atoms with Crippen molar-refractivity contribution in [1.29, 1.82) is 0 Å². The molecule has 2 heterocycles. The molecule has 0 aromatic heterocycles. The first-order valence-electron chi connectivity index (χ1n) is 12.4. The van der Waals surface area contributed by atoms with Crippen molar-refractivity contribution in [3.63, 3.8) is 0 Å². The number of phenols is 1. The van der Waals surface area contributed by atoms with E-state index in [1.54, 1.807) is 19.1 Å². The summed E-state index contributed by atoms with van der Waals surface area (Å²) in [6.07, 6.45) is 0.239. The smallest absolute Gasteiger partial charge is 0.178 e. The number of ether oxygens (including phenoxy) is 2. The Labute approximate surface area is 221 Å². The molecule has 0 saturated carbocycles. The topological polar surface area (TPSA) is 76.1 Å². The fraction of sp³-hybridized carbons (Fsp3) is 0.310. The summed E-state index contributed by atoms with van der Waals surface area (Å²) < 4.78 is 64.9. The van der Waals surface area contributed by atoms with Crippen LogP contribution in [0.1, 0.15) is 29.7 Å². The lowest BCUT2D eigenvalue weighted by molar-refractivity contribution is 0.0668. The molecule has 200 valence electrons. The second-order valence-corrected chi connectivity index (χ2v) is 11.8. The summed E-state index contributed by atoms with van der Waals surface area (Å²) in [6, 6.07) is 16.3. The third kappa shape index (κ3) is 5.13. The van der Waals surface area contributed by atoms with E-state index in [9.17, 15) is 17.9 Å². The Balaban J connectivity index is 1.46. The molecule has 0 spiro atoms. The fourth-order valence-corrected chi connectivity index (χ4v) is 5.77. The molecule has 3 aromatic carbocycles. The van der Waals surface area contributed by atoms with Crippen molar-refractivity contribution in [3.05, 3.63) is 83.2 Å². The number of nitrogens with zero attached hydrogens (tertiary/aromatic N) is 1. The van der Waals surface area contributed by atoms with Crippen molar-refractivity contribution < 1.29 is 31.8 Å². The second kappa shape index (κ2) is 10.4. The minimum atomic E-state index is -3.80. The first-order valence-corrected chi connectivity index (χ1v) is 14.3. The Hall–Kier alpha value is -3.43. The van der Waals surface area contributed by atoms with Gasteiger partial charge < -0.3 is 14.6 Å². The molecular formula is C29H29F2NO5S. The van der Waals surface area contributed by atoms with Gasteiger partial charge in [0.05, 0.1) is 6.67 Å². The van der Waals surface area contributed by atoms with Gasteiger partial charge in [-0.3, -0.25) is 9.29 Å². The van der Waals surface area contributed by atoms with E-state index in [1.807, 2.05) is 24.3 Å². The number of halogens is 2. The zero-order chi connectivity index (χ0) is 27.0. The van der Waals surface area contributed by atoms with Crippen LogP contribution in [-0.4, -0.2) is 57.6 Å². The van der Waals surface area contributed by atoms with Crippen LogP contribution in [0, 0.1) is 11.7 Å². The van der Waals surface area contributed by atoms with E-state index in [2.05, 4.69) is 4.90 Å². The molecule has 0 aliphatic carbocycles. The van der Waals surface area contributed by atoms with Gasteiger partial charge in [-0.25, -0.2) is 12.8 Å². The molecule has 0 radical (unpaired) electrons. The van der Waals surface area contributed by atoms with Gasteiger partial charge in [0.2, 0.25) is 0 Å². The zero-order valence-electron chi connectivity index (χ0n) is 21.2. The molecule has 1 saturated heterocycles. The number of benzene rings is 3. The number of rotatable bonds is 8. The summed E-state index contributed by atoms with van der Waals surface area (Å²) in [5.74, 6) is 0.505. The first-order chi connectivity index (χ1) is 18.2. The van der Waals surface area contributed by atoms with E-state index in [4.69, 9.17) is 9.47 Å². The van der Waals surface area contributed by atoms with E-state index in [-0.39, 0.29) is 28.8 Å². The van der Waals surface area contributed by atoms with Crippen molar-refractivity contribution in [2.45, 2.75) is 17.9 Å². The summed E-state index contributed by atoms with van der Waals surface area (Å²) in [6.45, 7) is 4.21. The fourth-order valence-electron chi connectivity index (χ4n) is 5.01. The maximum atomic E-state index is 15.7. The number of hydrogen-bond donors (Lipinski definition) is 1. The number of phenolic OH excluding ortho intramolecular Hbond substituents is 1.